The molecule has 1 aliphatic heterocycles. The number of benzene rings is 2. The molecular formula is C21H21N3O4. The summed E-state index contributed by atoms with van der Waals surface area (Å²) in [4.78, 5) is 19.0. The summed E-state index contributed by atoms with van der Waals surface area (Å²) >= 11 is 0. The first-order valence-electron chi connectivity index (χ1n) is 9.02. The first-order valence-corrected chi connectivity index (χ1v) is 9.02. The highest BCUT2D eigenvalue weighted by atomic mass is 16.5. The Morgan fingerprint density at radius 1 is 1.14 bits per heavy atom. The Balaban J connectivity index is 1.59. The van der Waals surface area contributed by atoms with Crippen LogP contribution in [0.1, 0.15) is 23.8 Å². The molecule has 0 bridgehead atoms. The summed E-state index contributed by atoms with van der Waals surface area (Å²) in [5, 5.41) is 4.09. The molecule has 0 spiro atoms. The number of ether oxygens (including phenoxy) is 2. The van der Waals surface area contributed by atoms with E-state index in [1.54, 1.807) is 19.1 Å². The lowest BCUT2D eigenvalue weighted by atomic mass is 10.1. The summed E-state index contributed by atoms with van der Waals surface area (Å²) in [5.74, 6) is 2.17. The van der Waals surface area contributed by atoms with E-state index >= 15 is 0 Å². The summed E-state index contributed by atoms with van der Waals surface area (Å²) in [7, 11) is 3.21. The van der Waals surface area contributed by atoms with Crippen molar-refractivity contribution in [2.75, 3.05) is 25.7 Å². The van der Waals surface area contributed by atoms with Gasteiger partial charge < -0.3 is 18.9 Å². The lowest BCUT2D eigenvalue weighted by Gasteiger charge is -2.19. The molecule has 4 rings (SSSR count). The molecule has 7 nitrogen and oxygen atoms in total. The molecule has 1 amide bonds. The Hall–Kier alpha value is -3.35. The van der Waals surface area contributed by atoms with Crippen LogP contribution in [0.25, 0.3) is 11.4 Å². The van der Waals surface area contributed by atoms with Crippen LogP contribution in [0.2, 0.25) is 0 Å². The van der Waals surface area contributed by atoms with Crippen molar-refractivity contribution in [3.63, 3.8) is 0 Å². The maximum Gasteiger partial charge on any atom is 0.232 e. The van der Waals surface area contributed by atoms with Crippen molar-refractivity contribution in [3.05, 3.63) is 53.9 Å². The second-order valence-corrected chi connectivity index (χ2v) is 6.71. The van der Waals surface area contributed by atoms with Crippen LogP contribution in [0.5, 0.6) is 11.5 Å². The third-order valence-corrected chi connectivity index (χ3v) is 4.97. The van der Waals surface area contributed by atoms with Crippen LogP contribution in [0.3, 0.4) is 0 Å². The number of anilines is 1. The number of aromatic nitrogens is 2. The van der Waals surface area contributed by atoms with Gasteiger partial charge in [-0.2, -0.15) is 4.98 Å². The first-order chi connectivity index (χ1) is 13.6. The molecule has 28 heavy (non-hydrogen) atoms. The lowest BCUT2D eigenvalue weighted by Crippen LogP contribution is -2.25. The predicted octanol–water partition coefficient (Wildman–Crippen LogP) is 3.58. The Bertz CT molecular complexity index is 1010. The molecule has 0 saturated carbocycles. The highest BCUT2D eigenvalue weighted by molar-refractivity contribution is 5.97. The molecule has 1 atom stereocenters. The van der Waals surface area contributed by atoms with Crippen LogP contribution in [-0.2, 0) is 4.79 Å². The number of carbonyl (C=O) groups excluding carboxylic acids is 1. The van der Waals surface area contributed by atoms with E-state index in [0.717, 1.165) is 16.8 Å². The molecule has 2 heterocycles. The standard InChI is InChI=1S/C21H21N3O4/c1-13-8-9-15(26-2)11-17(13)24-12-14(10-19(24)25)21-22-20(23-28-21)16-6-4-5-7-18(16)27-3/h4-9,11,14H,10,12H2,1-3H3. The number of hydrogen-bond donors (Lipinski definition) is 0. The number of hydrogen-bond acceptors (Lipinski definition) is 6. The Kier molecular flexibility index (Phi) is 4.73. The summed E-state index contributed by atoms with van der Waals surface area (Å²) in [6.07, 6.45) is 0.324. The van der Waals surface area contributed by atoms with E-state index in [2.05, 4.69) is 10.1 Å². The van der Waals surface area contributed by atoms with Gasteiger partial charge in [-0.3, -0.25) is 4.79 Å². The molecule has 1 aliphatic rings. The van der Waals surface area contributed by atoms with Crippen molar-refractivity contribution in [1.29, 1.82) is 0 Å². The van der Waals surface area contributed by atoms with Crippen molar-refractivity contribution in [2.45, 2.75) is 19.3 Å². The Labute approximate surface area is 162 Å². The predicted molar refractivity (Wildman–Crippen MR) is 104 cm³/mol. The van der Waals surface area contributed by atoms with E-state index < -0.39 is 0 Å². The molecule has 2 aromatic carbocycles. The second kappa shape index (κ2) is 7.34. The summed E-state index contributed by atoms with van der Waals surface area (Å²) < 4.78 is 16.2. The fourth-order valence-corrected chi connectivity index (χ4v) is 3.45. The fraction of sp³-hybridized carbons (Fsp3) is 0.286. The van der Waals surface area contributed by atoms with Crippen LogP contribution in [0.15, 0.2) is 47.0 Å². The number of para-hydroxylation sites is 1. The number of methoxy groups -OCH3 is 2. The number of rotatable bonds is 5. The monoisotopic (exact) mass is 379 g/mol. The van der Waals surface area contributed by atoms with Crippen LogP contribution in [0, 0.1) is 6.92 Å². The minimum Gasteiger partial charge on any atom is -0.497 e. The van der Waals surface area contributed by atoms with Gasteiger partial charge in [0.15, 0.2) is 0 Å². The van der Waals surface area contributed by atoms with Gasteiger partial charge in [0.05, 0.1) is 31.4 Å². The minimum atomic E-state index is -0.158. The van der Waals surface area contributed by atoms with Crippen molar-refractivity contribution < 1.29 is 18.8 Å². The smallest absolute Gasteiger partial charge is 0.232 e. The van der Waals surface area contributed by atoms with E-state index in [1.165, 1.54) is 0 Å². The summed E-state index contributed by atoms with van der Waals surface area (Å²) in [6.45, 7) is 2.46. The van der Waals surface area contributed by atoms with Crippen molar-refractivity contribution >= 4 is 11.6 Å². The van der Waals surface area contributed by atoms with Gasteiger partial charge in [0, 0.05) is 19.0 Å². The van der Waals surface area contributed by atoms with Crippen molar-refractivity contribution in [1.82, 2.24) is 10.1 Å². The van der Waals surface area contributed by atoms with E-state index in [9.17, 15) is 4.79 Å². The maximum absolute atomic E-state index is 12.7. The van der Waals surface area contributed by atoms with E-state index in [4.69, 9.17) is 14.0 Å². The zero-order valence-corrected chi connectivity index (χ0v) is 16.0. The molecule has 3 aromatic rings. The normalized spacial score (nSPS) is 16.5. The molecule has 0 radical (unpaired) electrons. The molecule has 0 N–H and O–H groups in total. The van der Waals surface area contributed by atoms with Crippen LogP contribution < -0.4 is 14.4 Å². The van der Waals surface area contributed by atoms with Gasteiger partial charge in [-0.05, 0) is 30.7 Å². The van der Waals surface area contributed by atoms with Gasteiger partial charge in [-0.25, -0.2) is 0 Å². The molecule has 1 saturated heterocycles. The maximum atomic E-state index is 12.7. The average Bonchev–Trinajstić information content (AvgIpc) is 3.35. The highest BCUT2D eigenvalue weighted by Crippen LogP contribution is 2.35. The number of carbonyl (C=O) groups is 1. The lowest BCUT2D eigenvalue weighted by molar-refractivity contribution is -0.117. The van der Waals surface area contributed by atoms with Gasteiger partial charge in [0.2, 0.25) is 17.6 Å². The minimum absolute atomic E-state index is 0.0263. The molecule has 144 valence electrons. The van der Waals surface area contributed by atoms with Crippen LogP contribution in [0.4, 0.5) is 5.69 Å². The zero-order chi connectivity index (χ0) is 19.7. The molecule has 0 aliphatic carbocycles. The van der Waals surface area contributed by atoms with Crippen molar-refractivity contribution in [2.24, 2.45) is 0 Å². The Morgan fingerprint density at radius 3 is 2.75 bits per heavy atom. The largest absolute Gasteiger partial charge is 0.497 e. The summed E-state index contributed by atoms with van der Waals surface area (Å²) in [5.41, 5.74) is 2.61. The SMILES string of the molecule is COc1ccc(C)c(N2CC(c3nc(-c4ccccc4OC)no3)CC2=O)c1. The molecule has 7 heteroatoms. The van der Waals surface area contributed by atoms with Crippen molar-refractivity contribution in [3.8, 4) is 22.9 Å². The summed E-state index contributed by atoms with van der Waals surface area (Å²) in [6, 6.07) is 13.2. The zero-order valence-electron chi connectivity index (χ0n) is 16.0. The molecule has 1 aromatic heterocycles. The topological polar surface area (TPSA) is 77.7 Å². The van der Waals surface area contributed by atoms with Gasteiger partial charge in [0.1, 0.15) is 11.5 Å². The first kappa shape index (κ1) is 18.0. The molecular weight excluding hydrogens is 358 g/mol. The number of aryl methyl sites for hydroxylation is 1. The average molecular weight is 379 g/mol. The molecule has 1 unspecified atom stereocenters. The highest BCUT2D eigenvalue weighted by Gasteiger charge is 2.36. The number of nitrogens with zero attached hydrogens (tertiary/aromatic N) is 3. The van der Waals surface area contributed by atoms with E-state index in [1.807, 2.05) is 49.4 Å². The van der Waals surface area contributed by atoms with E-state index in [0.29, 0.717) is 36.2 Å². The van der Waals surface area contributed by atoms with Gasteiger partial charge in [-0.1, -0.05) is 23.4 Å². The quantitative estimate of drug-likeness (QED) is 0.674. The number of amides is 1. The third kappa shape index (κ3) is 3.19. The third-order valence-electron chi connectivity index (χ3n) is 4.97. The van der Waals surface area contributed by atoms with Crippen LogP contribution in [-0.4, -0.2) is 36.8 Å². The Morgan fingerprint density at radius 2 is 1.96 bits per heavy atom. The second-order valence-electron chi connectivity index (χ2n) is 6.71. The van der Waals surface area contributed by atoms with E-state index in [-0.39, 0.29) is 11.8 Å². The molecule has 1 fully saturated rings. The van der Waals surface area contributed by atoms with Gasteiger partial charge in [-0.15, -0.1) is 0 Å². The fourth-order valence-electron chi connectivity index (χ4n) is 3.45. The van der Waals surface area contributed by atoms with Gasteiger partial charge in [0.25, 0.3) is 0 Å². The van der Waals surface area contributed by atoms with Gasteiger partial charge >= 0.3 is 0 Å². The van der Waals surface area contributed by atoms with Crippen LogP contribution >= 0.6 is 0 Å².